The Kier molecular flexibility index (Phi) is 20.5. The molecular formula is C22H44ClNO2. The van der Waals surface area contributed by atoms with Crippen LogP contribution in [-0.4, -0.2) is 44.7 Å². The van der Waals surface area contributed by atoms with Crippen molar-refractivity contribution in [3.05, 3.63) is 12.7 Å². The quantitative estimate of drug-likeness (QED) is 0.156. The fraction of sp³-hybridized carbons (Fsp3) is 0.864. The van der Waals surface area contributed by atoms with Crippen molar-refractivity contribution in [3.63, 3.8) is 0 Å². The van der Waals surface area contributed by atoms with Gasteiger partial charge >= 0.3 is 5.97 Å². The Labute approximate surface area is 169 Å². The van der Waals surface area contributed by atoms with Crippen LogP contribution in [-0.2, 0) is 9.53 Å². The number of hydrogen-bond acceptors (Lipinski definition) is 2. The molecule has 3 nitrogen and oxygen atoms in total. The first-order chi connectivity index (χ1) is 12.0. The van der Waals surface area contributed by atoms with Gasteiger partial charge < -0.3 is 21.6 Å². The molecule has 156 valence electrons. The van der Waals surface area contributed by atoms with Gasteiger partial charge in [0, 0.05) is 6.08 Å². The Morgan fingerprint density at radius 1 is 0.731 bits per heavy atom. The zero-order valence-electron chi connectivity index (χ0n) is 17.7. The Morgan fingerprint density at radius 2 is 1.08 bits per heavy atom. The van der Waals surface area contributed by atoms with Crippen LogP contribution in [0.2, 0.25) is 0 Å². The first kappa shape index (κ1) is 27.7. The number of nitrogens with zero attached hydrogens (tertiary/aromatic N) is 1. The minimum absolute atomic E-state index is 0. The van der Waals surface area contributed by atoms with Crippen molar-refractivity contribution in [2.75, 3.05) is 34.3 Å². The molecule has 26 heavy (non-hydrogen) atoms. The van der Waals surface area contributed by atoms with Crippen LogP contribution >= 0.6 is 0 Å². The number of hydrogen-bond donors (Lipinski definition) is 0. The van der Waals surface area contributed by atoms with Gasteiger partial charge in [-0.2, -0.15) is 0 Å². The molecule has 0 radical (unpaired) electrons. The Balaban J connectivity index is 0. The lowest BCUT2D eigenvalue weighted by Crippen LogP contribution is -3.00. The Morgan fingerprint density at radius 3 is 1.42 bits per heavy atom. The second kappa shape index (κ2) is 19.2. The molecule has 0 saturated carbocycles. The molecule has 0 unspecified atom stereocenters. The summed E-state index contributed by atoms with van der Waals surface area (Å²) < 4.78 is 6.06. The van der Waals surface area contributed by atoms with E-state index in [4.69, 9.17) is 4.74 Å². The van der Waals surface area contributed by atoms with Crippen molar-refractivity contribution in [1.82, 2.24) is 0 Å². The van der Waals surface area contributed by atoms with Crippen LogP contribution in [0.3, 0.4) is 0 Å². The van der Waals surface area contributed by atoms with E-state index in [1.807, 2.05) is 0 Å². The van der Waals surface area contributed by atoms with Crippen molar-refractivity contribution in [2.45, 2.75) is 89.9 Å². The number of halogens is 1. The number of esters is 1. The van der Waals surface area contributed by atoms with Crippen molar-refractivity contribution in [3.8, 4) is 0 Å². The molecule has 0 aliphatic heterocycles. The lowest BCUT2D eigenvalue weighted by Gasteiger charge is -2.23. The second-order valence-electron chi connectivity index (χ2n) is 8.34. The fourth-order valence-corrected chi connectivity index (χ4v) is 3.04. The lowest BCUT2D eigenvalue weighted by atomic mass is 10.0. The first-order valence-corrected chi connectivity index (χ1v) is 10.6. The Bertz CT molecular complexity index is 327. The molecule has 0 spiro atoms. The summed E-state index contributed by atoms with van der Waals surface area (Å²) in [4.78, 5) is 10.9. The van der Waals surface area contributed by atoms with Gasteiger partial charge in [-0.15, -0.1) is 0 Å². The average Bonchev–Trinajstić information content (AvgIpc) is 2.56. The molecule has 0 heterocycles. The maximum atomic E-state index is 10.9. The number of rotatable bonds is 18. The van der Waals surface area contributed by atoms with Gasteiger partial charge in [0.1, 0.15) is 0 Å². The monoisotopic (exact) mass is 389 g/mol. The topological polar surface area (TPSA) is 26.3 Å². The van der Waals surface area contributed by atoms with Gasteiger partial charge in [-0.1, -0.05) is 77.2 Å². The summed E-state index contributed by atoms with van der Waals surface area (Å²) in [5, 5.41) is 0. The summed E-state index contributed by atoms with van der Waals surface area (Å²) in [6.07, 6.45) is 20.0. The maximum absolute atomic E-state index is 10.9. The van der Waals surface area contributed by atoms with Crippen molar-refractivity contribution in [2.24, 2.45) is 0 Å². The summed E-state index contributed by atoms with van der Waals surface area (Å²) >= 11 is 0. The molecule has 0 N–H and O–H groups in total. The smallest absolute Gasteiger partial charge is 0.330 e. The zero-order valence-corrected chi connectivity index (χ0v) is 18.5. The van der Waals surface area contributed by atoms with Crippen LogP contribution in [0.15, 0.2) is 12.7 Å². The third kappa shape index (κ3) is 23.5. The minimum atomic E-state index is -0.302. The molecule has 0 aromatic carbocycles. The van der Waals surface area contributed by atoms with Gasteiger partial charge in [-0.25, -0.2) is 4.79 Å². The highest BCUT2D eigenvalue weighted by molar-refractivity contribution is 5.81. The Hall–Kier alpha value is -0.540. The largest absolute Gasteiger partial charge is 1.00 e. The summed E-state index contributed by atoms with van der Waals surface area (Å²) in [6.45, 7) is 5.23. The summed E-state index contributed by atoms with van der Waals surface area (Å²) in [6, 6.07) is 0. The maximum Gasteiger partial charge on any atom is 0.330 e. The van der Waals surface area contributed by atoms with E-state index in [0.29, 0.717) is 6.61 Å². The lowest BCUT2D eigenvalue weighted by molar-refractivity contribution is -0.870. The predicted molar refractivity (Wildman–Crippen MR) is 109 cm³/mol. The summed E-state index contributed by atoms with van der Waals surface area (Å²) in [5.41, 5.74) is 0. The molecule has 0 fully saturated rings. The van der Waals surface area contributed by atoms with E-state index in [2.05, 4.69) is 27.7 Å². The van der Waals surface area contributed by atoms with E-state index in [1.165, 1.54) is 96.1 Å². The van der Waals surface area contributed by atoms with E-state index >= 15 is 0 Å². The molecule has 0 atom stereocenters. The van der Waals surface area contributed by atoms with Gasteiger partial charge in [-0.3, -0.25) is 0 Å². The van der Waals surface area contributed by atoms with Gasteiger partial charge in [0.25, 0.3) is 0 Å². The number of ether oxygens (including phenoxy) is 1. The molecule has 0 rings (SSSR count). The van der Waals surface area contributed by atoms with Gasteiger partial charge in [0.2, 0.25) is 0 Å². The number of carbonyl (C=O) groups excluding carboxylic acids is 1. The first-order valence-electron chi connectivity index (χ1n) is 10.6. The third-order valence-corrected chi connectivity index (χ3v) is 4.63. The van der Waals surface area contributed by atoms with Crippen molar-refractivity contribution >= 4 is 5.97 Å². The molecule has 0 aromatic rings. The van der Waals surface area contributed by atoms with Crippen LogP contribution in [0.4, 0.5) is 0 Å². The normalized spacial score (nSPS) is 11.0. The minimum Gasteiger partial charge on any atom is -1.00 e. The third-order valence-electron chi connectivity index (χ3n) is 4.63. The molecule has 0 saturated heterocycles. The van der Waals surface area contributed by atoms with E-state index in [9.17, 15) is 4.79 Å². The van der Waals surface area contributed by atoms with Gasteiger partial charge in [-0.05, 0) is 19.3 Å². The van der Waals surface area contributed by atoms with Crippen molar-refractivity contribution in [1.29, 1.82) is 0 Å². The SMILES string of the molecule is C=CC(=O)OCCCCCCCCCCCCCCCC[N+](C)(C)C.[Cl-]. The molecule has 0 bridgehead atoms. The highest BCUT2D eigenvalue weighted by Gasteiger charge is 2.04. The van der Waals surface area contributed by atoms with E-state index in [0.717, 1.165) is 10.9 Å². The van der Waals surface area contributed by atoms with Crippen LogP contribution in [0.5, 0.6) is 0 Å². The van der Waals surface area contributed by atoms with Gasteiger partial charge in [0.05, 0.1) is 34.3 Å². The molecule has 0 aliphatic carbocycles. The molecule has 0 amide bonds. The van der Waals surface area contributed by atoms with Gasteiger partial charge in [0.15, 0.2) is 0 Å². The van der Waals surface area contributed by atoms with Crippen LogP contribution in [0, 0.1) is 0 Å². The number of carbonyl (C=O) groups is 1. The second-order valence-corrected chi connectivity index (χ2v) is 8.34. The van der Waals surface area contributed by atoms with E-state index in [1.54, 1.807) is 0 Å². The van der Waals surface area contributed by atoms with Crippen LogP contribution in [0.25, 0.3) is 0 Å². The molecule has 4 heteroatoms. The van der Waals surface area contributed by atoms with E-state index < -0.39 is 0 Å². The zero-order chi connectivity index (χ0) is 18.8. The molecular weight excluding hydrogens is 346 g/mol. The summed E-state index contributed by atoms with van der Waals surface area (Å²) in [7, 11) is 6.84. The highest BCUT2D eigenvalue weighted by atomic mass is 35.5. The average molecular weight is 390 g/mol. The van der Waals surface area contributed by atoms with Crippen LogP contribution < -0.4 is 12.4 Å². The number of unbranched alkanes of at least 4 members (excludes halogenated alkanes) is 13. The molecule has 0 aliphatic rings. The van der Waals surface area contributed by atoms with Crippen LogP contribution in [0.1, 0.15) is 89.9 Å². The number of quaternary nitrogens is 1. The molecule has 0 aromatic heterocycles. The van der Waals surface area contributed by atoms with E-state index in [-0.39, 0.29) is 18.4 Å². The standard InChI is InChI=1S/C22H44NO2.ClH/c1-5-22(24)25-21-19-17-15-13-11-9-7-6-8-10-12-14-16-18-20-23(2,3)4;/h5H,1,6-21H2,2-4H3;1H/q+1;/p-1. The predicted octanol–water partition coefficient (Wildman–Crippen LogP) is 2.89. The summed E-state index contributed by atoms with van der Waals surface area (Å²) in [5.74, 6) is -0.302. The highest BCUT2D eigenvalue weighted by Crippen LogP contribution is 2.13. The van der Waals surface area contributed by atoms with Crippen molar-refractivity contribution < 1.29 is 26.4 Å². The fourth-order valence-electron chi connectivity index (χ4n) is 3.04.